The van der Waals surface area contributed by atoms with E-state index >= 15 is 0 Å². The van der Waals surface area contributed by atoms with Crippen LogP contribution in [0.2, 0.25) is 0 Å². The smallest absolute Gasteiger partial charge is 0.231 e. The van der Waals surface area contributed by atoms with Crippen molar-refractivity contribution >= 4 is 11.3 Å². The SMILES string of the molecule is Cc1cc2c(cc1-c1csc(CCN)n1)OCO2. The zero-order valence-electron chi connectivity index (χ0n) is 10.1. The van der Waals surface area contributed by atoms with Crippen molar-refractivity contribution in [3.8, 4) is 22.8 Å². The van der Waals surface area contributed by atoms with Crippen LogP contribution in [0.15, 0.2) is 17.5 Å². The van der Waals surface area contributed by atoms with E-state index in [1.807, 2.05) is 12.1 Å². The molecule has 94 valence electrons. The maximum absolute atomic E-state index is 5.54. The lowest BCUT2D eigenvalue weighted by Crippen LogP contribution is -2.02. The molecule has 1 aliphatic rings. The first-order valence-electron chi connectivity index (χ1n) is 5.83. The van der Waals surface area contributed by atoms with Crippen LogP contribution in [0.4, 0.5) is 0 Å². The molecule has 0 spiro atoms. The van der Waals surface area contributed by atoms with Crippen LogP contribution < -0.4 is 15.2 Å². The van der Waals surface area contributed by atoms with E-state index in [9.17, 15) is 0 Å². The Morgan fingerprint density at radius 1 is 1.33 bits per heavy atom. The molecule has 2 heterocycles. The van der Waals surface area contributed by atoms with E-state index in [2.05, 4.69) is 17.3 Å². The Bertz CT molecular complexity index is 580. The largest absolute Gasteiger partial charge is 0.454 e. The molecule has 0 saturated heterocycles. The Kier molecular flexibility index (Phi) is 2.93. The highest BCUT2D eigenvalue weighted by molar-refractivity contribution is 7.09. The summed E-state index contributed by atoms with van der Waals surface area (Å²) in [6, 6.07) is 4.00. The summed E-state index contributed by atoms with van der Waals surface area (Å²) in [6.45, 7) is 2.99. The summed E-state index contributed by atoms with van der Waals surface area (Å²) >= 11 is 1.65. The van der Waals surface area contributed by atoms with Crippen molar-refractivity contribution in [3.63, 3.8) is 0 Å². The predicted molar refractivity (Wildman–Crippen MR) is 71.2 cm³/mol. The molecule has 0 saturated carbocycles. The summed E-state index contributed by atoms with van der Waals surface area (Å²) in [5.41, 5.74) is 8.77. The van der Waals surface area contributed by atoms with Gasteiger partial charge in [0.2, 0.25) is 6.79 Å². The van der Waals surface area contributed by atoms with Crippen LogP contribution in [-0.2, 0) is 6.42 Å². The molecule has 5 heteroatoms. The Morgan fingerprint density at radius 3 is 2.89 bits per heavy atom. The van der Waals surface area contributed by atoms with Gasteiger partial charge >= 0.3 is 0 Å². The number of ether oxygens (including phenoxy) is 2. The highest BCUT2D eigenvalue weighted by atomic mass is 32.1. The molecule has 18 heavy (non-hydrogen) atoms. The summed E-state index contributed by atoms with van der Waals surface area (Å²) in [5, 5.41) is 3.14. The van der Waals surface area contributed by atoms with Crippen LogP contribution in [0, 0.1) is 6.92 Å². The lowest BCUT2D eigenvalue weighted by molar-refractivity contribution is 0.174. The van der Waals surface area contributed by atoms with E-state index < -0.39 is 0 Å². The number of thiazole rings is 1. The number of aryl methyl sites for hydroxylation is 1. The third kappa shape index (κ3) is 1.95. The van der Waals surface area contributed by atoms with Crippen molar-refractivity contribution in [3.05, 3.63) is 28.1 Å². The molecule has 1 aliphatic heterocycles. The van der Waals surface area contributed by atoms with E-state index in [-0.39, 0.29) is 0 Å². The first kappa shape index (κ1) is 11.5. The monoisotopic (exact) mass is 262 g/mol. The van der Waals surface area contributed by atoms with E-state index in [4.69, 9.17) is 15.2 Å². The molecule has 4 nitrogen and oxygen atoms in total. The van der Waals surface area contributed by atoms with Crippen molar-refractivity contribution in [2.75, 3.05) is 13.3 Å². The van der Waals surface area contributed by atoms with E-state index in [0.29, 0.717) is 13.3 Å². The number of rotatable bonds is 3. The number of benzene rings is 1. The Balaban J connectivity index is 2.00. The van der Waals surface area contributed by atoms with Gasteiger partial charge in [0.25, 0.3) is 0 Å². The van der Waals surface area contributed by atoms with Gasteiger partial charge in [-0.25, -0.2) is 4.98 Å². The third-order valence-electron chi connectivity index (χ3n) is 2.91. The van der Waals surface area contributed by atoms with Crippen molar-refractivity contribution < 1.29 is 9.47 Å². The lowest BCUT2D eigenvalue weighted by Gasteiger charge is -2.04. The highest BCUT2D eigenvalue weighted by Gasteiger charge is 2.17. The molecule has 1 aromatic heterocycles. The van der Waals surface area contributed by atoms with Crippen LogP contribution in [0.25, 0.3) is 11.3 Å². The molecule has 0 radical (unpaired) electrons. The van der Waals surface area contributed by atoms with Gasteiger partial charge < -0.3 is 15.2 Å². The maximum Gasteiger partial charge on any atom is 0.231 e. The minimum atomic E-state index is 0.299. The van der Waals surface area contributed by atoms with E-state index in [1.165, 1.54) is 0 Å². The molecular formula is C13H14N2O2S. The summed E-state index contributed by atoms with van der Waals surface area (Å²) in [7, 11) is 0. The molecule has 0 amide bonds. The average Bonchev–Trinajstić information content (AvgIpc) is 2.96. The summed E-state index contributed by atoms with van der Waals surface area (Å²) in [4.78, 5) is 4.60. The fourth-order valence-corrected chi connectivity index (χ4v) is 2.81. The van der Waals surface area contributed by atoms with Gasteiger partial charge in [-0.15, -0.1) is 11.3 Å². The van der Waals surface area contributed by atoms with Crippen LogP contribution in [-0.4, -0.2) is 18.3 Å². The normalized spacial score (nSPS) is 13.0. The number of fused-ring (bicyclic) bond motifs is 1. The second kappa shape index (κ2) is 4.59. The molecule has 0 aliphatic carbocycles. The van der Waals surface area contributed by atoms with Crippen LogP contribution in [0.1, 0.15) is 10.6 Å². The summed E-state index contributed by atoms with van der Waals surface area (Å²) in [6.07, 6.45) is 0.828. The second-order valence-electron chi connectivity index (χ2n) is 4.19. The van der Waals surface area contributed by atoms with Crippen LogP contribution >= 0.6 is 11.3 Å². The Labute approximate surface area is 109 Å². The zero-order chi connectivity index (χ0) is 12.5. The van der Waals surface area contributed by atoms with Gasteiger partial charge in [-0.1, -0.05) is 0 Å². The second-order valence-corrected chi connectivity index (χ2v) is 5.13. The minimum Gasteiger partial charge on any atom is -0.454 e. The zero-order valence-corrected chi connectivity index (χ0v) is 10.9. The molecular weight excluding hydrogens is 248 g/mol. The van der Waals surface area contributed by atoms with Gasteiger partial charge in [-0.2, -0.15) is 0 Å². The Morgan fingerprint density at radius 2 is 2.11 bits per heavy atom. The van der Waals surface area contributed by atoms with Crippen molar-refractivity contribution in [2.45, 2.75) is 13.3 Å². The fourth-order valence-electron chi connectivity index (χ4n) is 1.99. The minimum absolute atomic E-state index is 0.299. The number of aromatic nitrogens is 1. The van der Waals surface area contributed by atoms with Crippen molar-refractivity contribution in [2.24, 2.45) is 5.73 Å². The van der Waals surface area contributed by atoms with Gasteiger partial charge in [0.1, 0.15) is 0 Å². The molecule has 2 aromatic rings. The van der Waals surface area contributed by atoms with Crippen molar-refractivity contribution in [1.29, 1.82) is 0 Å². The number of hydrogen-bond acceptors (Lipinski definition) is 5. The number of nitrogens with two attached hydrogens (primary N) is 1. The first-order valence-corrected chi connectivity index (χ1v) is 6.71. The van der Waals surface area contributed by atoms with Gasteiger partial charge in [0.05, 0.1) is 10.7 Å². The molecule has 0 unspecified atom stereocenters. The predicted octanol–water partition coefficient (Wildman–Crippen LogP) is 2.35. The molecule has 0 fully saturated rings. The van der Waals surface area contributed by atoms with Crippen molar-refractivity contribution in [1.82, 2.24) is 4.98 Å². The first-order chi connectivity index (χ1) is 8.78. The molecule has 0 atom stereocenters. The van der Waals surface area contributed by atoms with Gasteiger partial charge in [0.15, 0.2) is 11.5 Å². The number of nitrogens with zero attached hydrogens (tertiary/aromatic N) is 1. The maximum atomic E-state index is 5.54. The van der Waals surface area contributed by atoms with Crippen LogP contribution in [0.3, 0.4) is 0 Å². The van der Waals surface area contributed by atoms with Crippen LogP contribution in [0.5, 0.6) is 11.5 Å². The fraction of sp³-hybridized carbons (Fsp3) is 0.308. The van der Waals surface area contributed by atoms with E-state index in [0.717, 1.165) is 39.7 Å². The Hall–Kier alpha value is -1.59. The van der Waals surface area contributed by atoms with Gasteiger partial charge in [-0.3, -0.25) is 0 Å². The molecule has 0 bridgehead atoms. The highest BCUT2D eigenvalue weighted by Crippen LogP contribution is 2.38. The topological polar surface area (TPSA) is 57.4 Å². The molecule has 3 rings (SSSR count). The third-order valence-corrected chi connectivity index (χ3v) is 3.81. The number of hydrogen-bond donors (Lipinski definition) is 1. The van der Waals surface area contributed by atoms with E-state index in [1.54, 1.807) is 11.3 Å². The lowest BCUT2D eigenvalue weighted by atomic mass is 10.1. The molecule has 2 N–H and O–H groups in total. The standard InChI is InChI=1S/C13H14N2O2S/c1-8-4-11-12(17-7-16-11)5-9(8)10-6-18-13(15-10)2-3-14/h4-6H,2-3,7,14H2,1H3. The average molecular weight is 262 g/mol. The molecule has 1 aromatic carbocycles. The van der Waals surface area contributed by atoms with Gasteiger partial charge in [-0.05, 0) is 31.2 Å². The summed E-state index contributed by atoms with van der Waals surface area (Å²) < 4.78 is 10.8. The van der Waals surface area contributed by atoms with Gasteiger partial charge in [0, 0.05) is 17.4 Å². The quantitative estimate of drug-likeness (QED) is 0.922. The summed E-state index contributed by atoms with van der Waals surface area (Å²) in [5.74, 6) is 1.61.